The van der Waals surface area contributed by atoms with Gasteiger partial charge in [0.05, 0.1) is 19.6 Å². The van der Waals surface area contributed by atoms with E-state index in [0.29, 0.717) is 42.9 Å². The number of hydrogen-bond donors (Lipinski definition) is 2. The molecule has 0 spiro atoms. The molecule has 0 saturated heterocycles. The predicted octanol–water partition coefficient (Wildman–Crippen LogP) is 3.21. The molecule has 1 aliphatic carbocycles. The minimum absolute atomic E-state index is 0.0558. The van der Waals surface area contributed by atoms with Gasteiger partial charge in [-0.25, -0.2) is 0 Å². The normalized spacial score (nSPS) is 19.4. The summed E-state index contributed by atoms with van der Waals surface area (Å²) >= 11 is 0. The number of carboxylic acids is 1. The molecule has 1 fully saturated rings. The fourth-order valence-electron chi connectivity index (χ4n) is 3.48. The number of carboxylic acid groups (broad SMARTS) is 1. The molecular weight excluding hydrogens is 362 g/mol. The molecule has 7 nitrogen and oxygen atoms in total. The number of ketones is 1. The maximum absolute atomic E-state index is 12.2. The Balaban J connectivity index is 1.80. The number of carbonyl (C=O) groups is 3. The predicted molar refractivity (Wildman–Crippen MR) is 104 cm³/mol. The van der Waals surface area contributed by atoms with Crippen LogP contribution in [0.1, 0.15) is 62.2 Å². The first-order chi connectivity index (χ1) is 13.4. The van der Waals surface area contributed by atoms with Crippen LogP contribution in [0.3, 0.4) is 0 Å². The number of aliphatic carboxylic acids is 1. The van der Waals surface area contributed by atoms with Gasteiger partial charge in [-0.2, -0.15) is 0 Å². The highest BCUT2D eigenvalue weighted by Gasteiger charge is 2.30. The van der Waals surface area contributed by atoms with Crippen molar-refractivity contribution in [3.63, 3.8) is 0 Å². The third-order valence-electron chi connectivity index (χ3n) is 5.06. The van der Waals surface area contributed by atoms with E-state index in [1.54, 1.807) is 18.2 Å². The van der Waals surface area contributed by atoms with E-state index in [9.17, 15) is 19.5 Å². The Bertz CT molecular complexity index is 702. The Hall–Kier alpha value is -2.57. The smallest absolute Gasteiger partial charge is 0.308 e. The number of Topliss-reactive ketones (excluding diaryl/α,β-unsaturated/α-hetero) is 1. The van der Waals surface area contributed by atoms with Crippen LogP contribution in [0.5, 0.6) is 11.5 Å². The van der Waals surface area contributed by atoms with Crippen molar-refractivity contribution in [2.75, 3.05) is 13.7 Å². The third kappa shape index (κ3) is 6.25. The lowest BCUT2D eigenvalue weighted by molar-refractivity contribution is -0.143. The number of nitrogens with one attached hydrogen (secondary N) is 1. The summed E-state index contributed by atoms with van der Waals surface area (Å²) in [4.78, 5) is 35.1. The summed E-state index contributed by atoms with van der Waals surface area (Å²) in [5.41, 5.74) is 0.542. The summed E-state index contributed by atoms with van der Waals surface area (Å²) in [6.45, 7) is 1.80. The van der Waals surface area contributed by atoms with Crippen molar-refractivity contribution in [1.82, 2.24) is 5.32 Å². The second kappa shape index (κ2) is 10.7. The number of amides is 1. The molecule has 0 aliphatic heterocycles. The van der Waals surface area contributed by atoms with E-state index in [1.807, 2.05) is 0 Å². The Morgan fingerprint density at radius 1 is 1.14 bits per heavy atom. The van der Waals surface area contributed by atoms with Gasteiger partial charge in [-0.1, -0.05) is 19.3 Å². The van der Waals surface area contributed by atoms with Gasteiger partial charge in [-0.15, -0.1) is 0 Å². The first-order valence-electron chi connectivity index (χ1n) is 9.76. The maximum Gasteiger partial charge on any atom is 0.308 e. The number of rotatable bonds is 9. The van der Waals surface area contributed by atoms with Crippen molar-refractivity contribution in [3.8, 4) is 11.5 Å². The van der Waals surface area contributed by atoms with Crippen LogP contribution < -0.4 is 14.8 Å². The average molecular weight is 391 g/mol. The SMILES string of the molecule is COc1cc(C(C)=O)ccc1OCCCC(=O)N[C@H]1CCCCC[C@H]1C(=O)O. The van der Waals surface area contributed by atoms with Crippen LogP contribution in [0.15, 0.2) is 18.2 Å². The molecule has 2 N–H and O–H groups in total. The average Bonchev–Trinajstić information content (AvgIpc) is 2.90. The molecule has 0 radical (unpaired) electrons. The van der Waals surface area contributed by atoms with Gasteiger partial charge >= 0.3 is 5.97 Å². The van der Waals surface area contributed by atoms with E-state index in [2.05, 4.69) is 5.32 Å². The van der Waals surface area contributed by atoms with Crippen LogP contribution in [-0.2, 0) is 9.59 Å². The molecule has 1 aliphatic rings. The van der Waals surface area contributed by atoms with Crippen LogP contribution in [0, 0.1) is 5.92 Å². The fraction of sp³-hybridized carbons (Fsp3) is 0.571. The number of carbonyl (C=O) groups excluding carboxylic acids is 2. The van der Waals surface area contributed by atoms with Crippen molar-refractivity contribution < 1.29 is 29.0 Å². The molecule has 7 heteroatoms. The summed E-state index contributed by atoms with van der Waals surface area (Å²) < 4.78 is 10.9. The van der Waals surface area contributed by atoms with Crippen LogP contribution in [0.4, 0.5) is 0 Å². The zero-order chi connectivity index (χ0) is 20.5. The van der Waals surface area contributed by atoms with Crippen molar-refractivity contribution in [2.24, 2.45) is 5.92 Å². The van der Waals surface area contributed by atoms with E-state index in [1.165, 1.54) is 14.0 Å². The van der Waals surface area contributed by atoms with Crippen molar-refractivity contribution in [3.05, 3.63) is 23.8 Å². The highest BCUT2D eigenvalue weighted by Crippen LogP contribution is 2.28. The lowest BCUT2D eigenvalue weighted by Gasteiger charge is -2.22. The van der Waals surface area contributed by atoms with E-state index in [4.69, 9.17) is 9.47 Å². The monoisotopic (exact) mass is 391 g/mol. The largest absolute Gasteiger partial charge is 0.493 e. The second-order valence-corrected chi connectivity index (χ2v) is 7.13. The minimum Gasteiger partial charge on any atom is -0.493 e. The number of methoxy groups -OCH3 is 1. The number of ether oxygens (including phenoxy) is 2. The van der Waals surface area contributed by atoms with Gasteiger partial charge in [0, 0.05) is 18.0 Å². The standard InChI is InChI=1S/C21H29NO6/c1-14(23)15-10-11-18(19(13-15)27-2)28-12-6-9-20(24)22-17-8-5-3-4-7-16(17)21(25)26/h10-11,13,16-17H,3-9,12H2,1-2H3,(H,22,24)(H,25,26)/t16-,17+/m1/s1. The zero-order valence-corrected chi connectivity index (χ0v) is 16.5. The highest BCUT2D eigenvalue weighted by molar-refractivity contribution is 5.94. The molecule has 0 aromatic heterocycles. The van der Waals surface area contributed by atoms with Crippen molar-refractivity contribution in [2.45, 2.75) is 57.9 Å². The lowest BCUT2D eigenvalue weighted by Crippen LogP contribution is -2.42. The van der Waals surface area contributed by atoms with E-state index in [0.717, 1.165) is 19.3 Å². The van der Waals surface area contributed by atoms with E-state index < -0.39 is 11.9 Å². The highest BCUT2D eigenvalue weighted by atomic mass is 16.5. The van der Waals surface area contributed by atoms with Gasteiger partial charge in [0.2, 0.25) is 5.91 Å². The second-order valence-electron chi connectivity index (χ2n) is 7.13. The zero-order valence-electron chi connectivity index (χ0n) is 16.5. The molecule has 0 bridgehead atoms. The summed E-state index contributed by atoms with van der Waals surface area (Å²) in [5.74, 6) is -0.564. The van der Waals surface area contributed by atoms with Crippen LogP contribution in [0.2, 0.25) is 0 Å². The first-order valence-corrected chi connectivity index (χ1v) is 9.76. The Morgan fingerprint density at radius 2 is 1.89 bits per heavy atom. The van der Waals surface area contributed by atoms with E-state index in [-0.39, 0.29) is 24.2 Å². The molecular formula is C21H29NO6. The van der Waals surface area contributed by atoms with Gasteiger partial charge in [0.25, 0.3) is 0 Å². The Labute approximate surface area is 165 Å². The van der Waals surface area contributed by atoms with Crippen LogP contribution in [0.25, 0.3) is 0 Å². The summed E-state index contributed by atoms with van der Waals surface area (Å²) in [5, 5.41) is 12.3. The van der Waals surface area contributed by atoms with Gasteiger partial charge in [-0.3, -0.25) is 14.4 Å². The third-order valence-corrected chi connectivity index (χ3v) is 5.06. The minimum atomic E-state index is -0.836. The van der Waals surface area contributed by atoms with Gasteiger partial charge in [0.15, 0.2) is 17.3 Å². The molecule has 1 amide bonds. The molecule has 1 aromatic rings. The fourth-order valence-corrected chi connectivity index (χ4v) is 3.48. The number of hydrogen-bond acceptors (Lipinski definition) is 5. The molecule has 1 saturated carbocycles. The summed E-state index contributed by atoms with van der Waals surface area (Å²) in [6, 6.07) is 4.68. The molecule has 0 unspecified atom stereocenters. The van der Waals surface area contributed by atoms with Gasteiger partial charge < -0.3 is 19.9 Å². The molecule has 2 rings (SSSR count). The van der Waals surface area contributed by atoms with Crippen molar-refractivity contribution >= 4 is 17.7 Å². The van der Waals surface area contributed by atoms with Crippen molar-refractivity contribution in [1.29, 1.82) is 0 Å². The lowest BCUT2D eigenvalue weighted by atomic mass is 9.94. The van der Waals surface area contributed by atoms with E-state index >= 15 is 0 Å². The molecule has 1 aromatic carbocycles. The summed E-state index contributed by atoms with van der Waals surface area (Å²) in [7, 11) is 1.51. The molecule has 0 heterocycles. The Kier molecular flexibility index (Phi) is 8.29. The first kappa shape index (κ1) is 21.7. The maximum atomic E-state index is 12.2. The molecule has 28 heavy (non-hydrogen) atoms. The Morgan fingerprint density at radius 3 is 2.57 bits per heavy atom. The van der Waals surface area contributed by atoms with Gasteiger partial charge in [-0.05, 0) is 44.4 Å². The topological polar surface area (TPSA) is 102 Å². The van der Waals surface area contributed by atoms with Gasteiger partial charge in [0.1, 0.15) is 0 Å². The molecule has 154 valence electrons. The van der Waals surface area contributed by atoms with Crippen LogP contribution in [-0.4, -0.2) is 42.5 Å². The summed E-state index contributed by atoms with van der Waals surface area (Å²) in [6.07, 6.45) is 4.91. The molecule has 2 atom stereocenters. The number of benzene rings is 1. The van der Waals surface area contributed by atoms with Crippen LogP contribution >= 0.6 is 0 Å². The quantitative estimate of drug-likeness (QED) is 0.381.